The number of nitrogens with two attached hydrogens (primary N) is 3. The van der Waals surface area contributed by atoms with E-state index in [0.717, 1.165) is 16.6 Å². The molecule has 2 aromatic carbocycles. The molecule has 0 aliphatic rings. The summed E-state index contributed by atoms with van der Waals surface area (Å²) >= 11 is 12.5. The van der Waals surface area contributed by atoms with Crippen LogP contribution in [0, 0.1) is 0 Å². The van der Waals surface area contributed by atoms with E-state index in [1.165, 1.54) is 5.01 Å². The molecule has 0 unspecified atom stereocenters. The van der Waals surface area contributed by atoms with Gasteiger partial charge in [0.05, 0.1) is 22.9 Å². The zero-order valence-corrected chi connectivity index (χ0v) is 17.3. The Bertz CT molecular complexity index is 1210. The number of anilines is 2. The number of hydrogen-bond acceptors (Lipinski definition) is 7. The molecule has 4 rings (SSSR count). The largest absolute Gasteiger partial charge is 0.453 e. The highest BCUT2D eigenvalue weighted by atomic mass is 35.5. The number of nitrogens with one attached hydrogen (secondary N) is 1. The number of hydrazine groups is 1. The van der Waals surface area contributed by atoms with E-state index >= 15 is 0 Å². The second-order valence-corrected chi connectivity index (χ2v) is 7.46. The summed E-state index contributed by atoms with van der Waals surface area (Å²) in [7, 11) is 0. The number of nitrogens with zero attached hydrogens (tertiary/aromatic N) is 3. The first-order valence-electron chi connectivity index (χ1n) is 9.02. The first-order valence-corrected chi connectivity index (χ1v) is 9.77. The predicted octanol–water partition coefficient (Wildman–Crippen LogP) is 3.98. The zero-order chi connectivity index (χ0) is 21.3. The number of aromatic nitrogens is 3. The summed E-state index contributed by atoms with van der Waals surface area (Å²) in [4.78, 5) is 4.21. The van der Waals surface area contributed by atoms with Crippen molar-refractivity contribution >= 4 is 45.6 Å². The number of H-pyrrole nitrogens is 1. The quantitative estimate of drug-likeness (QED) is 0.201. The summed E-state index contributed by atoms with van der Waals surface area (Å²) in [5.74, 6) is 7.07. The molecule has 0 spiro atoms. The monoisotopic (exact) mass is 443 g/mol. The van der Waals surface area contributed by atoms with Crippen LogP contribution in [0.2, 0.25) is 10.0 Å². The van der Waals surface area contributed by atoms with Crippen molar-refractivity contribution in [3.8, 4) is 11.5 Å². The zero-order valence-electron chi connectivity index (χ0n) is 15.8. The van der Waals surface area contributed by atoms with Crippen molar-refractivity contribution in [1.82, 2.24) is 15.2 Å². The number of pyridine rings is 1. The molecule has 0 bridgehead atoms. The molecule has 7 N–H and O–H groups in total. The summed E-state index contributed by atoms with van der Waals surface area (Å²) in [5.41, 5.74) is 15.1. The lowest BCUT2D eigenvalue weighted by Gasteiger charge is -2.22. The van der Waals surface area contributed by atoms with Gasteiger partial charge in [0, 0.05) is 23.2 Å². The van der Waals surface area contributed by atoms with E-state index in [4.69, 9.17) is 45.2 Å². The molecule has 0 fully saturated rings. The third-order valence-electron chi connectivity index (χ3n) is 4.56. The second-order valence-electron chi connectivity index (χ2n) is 6.62. The van der Waals surface area contributed by atoms with Gasteiger partial charge in [0.25, 0.3) is 0 Å². The van der Waals surface area contributed by atoms with Crippen LogP contribution in [-0.4, -0.2) is 15.2 Å². The maximum Gasteiger partial charge on any atom is 0.181 e. The Hall–Kier alpha value is -3.04. The average Bonchev–Trinajstić information content (AvgIpc) is 3.13. The lowest BCUT2D eigenvalue weighted by atomic mass is 10.2. The van der Waals surface area contributed by atoms with Gasteiger partial charge in [-0.25, -0.2) is 10.8 Å². The van der Waals surface area contributed by atoms with E-state index in [2.05, 4.69) is 15.2 Å². The summed E-state index contributed by atoms with van der Waals surface area (Å²) in [6.07, 6.45) is 1.68. The van der Waals surface area contributed by atoms with E-state index in [-0.39, 0.29) is 5.75 Å². The van der Waals surface area contributed by atoms with Crippen molar-refractivity contribution in [2.75, 3.05) is 10.7 Å². The molecule has 8 nitrogen and oxygen atoms in total. The van der Waals surface area contributed by atoms with Crippen molar-refractivity contribution in [2.45, 2.75) is 13.1 Å². The number of aromatic amines is 1. The van der Waals surface area contributed by atoms with Crippen LogP contribution < -0.4 is 27.1 Å². The van der Waals surface area contributed by atoms with Gasteiger partial charge in [-0.2, -0.15) is 5.10 Å². The first kappa shape index (κ1) is 20.2. The Morgan fingerprint density at radius 3 is 2.77 bits per heavy atom. The van der Waals surface area contributed by atoms with Crippen LogP contribution in [-0.2, 0) is 13.1 Å². The molecule has 0 radical (unpaired) electrons. The molecule has 0 aliphatic carbocycles. The molecule has 0 aliphatic heterocycles. The standard InChI is InChI=1S/C20H19Cl2N7O/c21-12-6-11(9-23)7-13(8-12)30-19-15(22)3-4-17(18(19)24)29(25)10-16-14-2-1-5-26-20(14)28-27-16/h1-8H,9-10,23-25H2,(H,26,27,28). The van der Waals surface area contributed by atoms with Crippen LogP contribution in [0.4, 0.5) is 11.4 Å². The van der Waals surface area contributed by atoms with Crippen LogP contribution >= 0.6 is 23.2 Å². The van der Waals surface area contributed by atoms with Crippen molar-refractivity contribution in [3.05, 3.63) is 70.0 Å². The lowest BCUT2D eigenvalue weighted by Crippen LogP contribution is -2.31. The first-order chi connectivity index (χ1) is 14.5. The predicted molar refractivity (Wildman–Crippen MR) is 120 cm³/mol. The number of benzene rings is 2. The van der Waals surface area contributed by atoms with Crippen molar-refractivity contribution in [1.29, 1.82) is 0 Å². The Morgan fingerprint density at radius 2 is 1.97 bits per heavy atom. The lowest BCUT2D eigenvalue weighted by molar-refractivity contribution is 0.484. The highest BCUT2D eigenvalue weighted by molar-refractivity contribution is 6.33. The Morgan fingerprint density at radius 1 is 1.13 bits per heavy atom. The normalized spacial score (nSPS) is 11.1. The SMILES string of the molecule is NCc1cc(Cl)cc(Oc2c(Cl)ccc(N(N)Cc3[nH]nc4ncccc34)c2N)c1. The van der Waals surface area contributed by atoms with Crippen molar-refractivity contribution < 1.29 is 4.74 Å². The van der Waals surface area contributed by atoms with E-state index in [1.54, 1.807) is 36.5 Å². The molecule has 0 saturated heterocycles. The number of halogens is 2. The third kappa shape index (κ3) is 3.99. The molecule has 4 aromatic rings. The van der Waals surface area contributed by atoms with E-state index < -0.39 is 0 Å². The topological polar surface area (TPSA) is 132 Å². The maximum atomic E-state index is 6.36. The smallest absolute Gasteiger partial charge is 0.181 e. The molecule has 2 heterocycles. The van der Waals surface area contributed by atoms with Crippen LogP contribution in [0.3, 0.4) is 0 Å². The van der Waals surface area contributed by atoms with Gasteiger partial charge < -0.3 is 21.2 Å². The van der Waals surface area contributed by atoms with Gasteiger partial charge >= 0.3 is 0 Å². The van der Waals surface area contributed by atoms with E-state index in [0.29, 0.717) is 45.9 Å². The molecule has 154 valence electrons. The van der Waals surface area contributed by atoms with Gasteiger partial charge in [-0.15, -0.1) is 0 Å². The van der Waals surface area contributed by atoms with Gasteiger partial charge in [-0.1, -0.05) is 23.2 Å². The Labute approximate surface area is 182 Å². The maximum absolute atomic E-state index is 6.36. The third-order valence-corrected chi connectivity index (χ3v) is 5.07. The Kier molecular flexibility index (Phi) is 5.65. The fourth-order valence-corrected chi connectivity index (χ4v) is 3.56. The van der Waals surface area contributed by atoms with Gasteiger partial charge in [0.1, 0.15) is 11.4 Å². The summed E-state index contributed by atoms with van der Waals surface area (Å²) in [6.45, 7) is 0.645. The fourth-order valence-electron chi connectivity index (χ4n) is 3.11. The number of nitrogen functional groups attached to an aromatic ring is 1. The number of fused-ring (bicyclic) bond motifs is 1. The molecule has 0 atom stereocenters. The van der Waals surface area contributed by atoms with Crippen molar-refractivity contribution in [3.63, 3.8) is 0 Å². The highest BCUT2D eigenvalue weighted by Crippen LogP contribution is 2.41. The second kappa shape index (κ2) is 8.37. The number of rotatable bonds is 6. The van der Waals surface area contributed by atoms with Gasteiger partial charge in [0.2, 0.25) is 0 Å². The minimum atomic E-state index is 0.283. The van der Waals surface area contributed by atoms with E-state index in [9.17, 15) is 0 Å². The van der Waals surface area contributed by atoms with Crippen LogP contribution in [0.5, 0.6) is 11.5 Å². The van der Waals surface area contributed by atoms with Gasteiger partial charge in [0.15, 0.2) is 11.4 Å². The fraction of sp³-hybridized carbons (Fsp3) is 0.100. The molecular formula is C20H19Cl2N7O. The summed E-state index contributed by atoms with van der Waals surface area (Å²) in [5, 5.41) is 10.4. The molecule has 2 aromatic heterocycles. The summed E-state index contributed by atoms with van der Waals surface area (Å²) in [6, 6.07) is 12.4. The average molecular weight is 444 g/mol. The van der Waals surface area contributed by atoms with E-state index in [1.807, 2.05) is 12.1 Å². The van der Waals surface area contributed by atoms with Crippen LogP contribution in [0.15, 0.2) is 48.7 Å². The van der Waals surface area contributed by atoms with Crippen LogP contribution in [0.1, 0.15) is 11.3 Å². The van der Waals surface area contributed by atoms with Gasteiger partial charge in [-0.05, 0) is 48.0 Å². The molecule has 0 amide bonds. The number of hydrogen-bond donors (Lipinski definition) is 4. The molecule has 30 heavy (non-hydrogen) atoms. The molecule has 10 heteroatoms. The number of ether oxygens (including phenoxy) is 1. The Balaban J connectivity index is 1.64. The van der Waals surface area contributed by atoms with Crippen LogP contribution in [0.25, 0.3) is 11.0 Å². The minimum Gasteiger partial charge on any atom is -0.453 e. The van der Waals surface area contributed by atoms with Gasteiger partial charge in [-0.3, -0.25) is 5.10 Å². The van der Waals surface area contributed by atoms with Crippen molar-refractivity contribution in [2.24, 2.45) is 11.6 Å². The minimum absolute atomic E-state index is 0.283. The summed E-state index contributed by atoms with van der Waals surface area (Å²) < 4.78 is 5.95. The highest BCUT2D eigenvalue weighted by Gasteiger charge is 2.17. The molecule has 0 saturated carbocycles. The molecular weight excluding hydrogens is 425 g/mol.